The Morgan fingerprint density at radius 3 is 1.68 bits per heavy atom. The average Bonchev–Trinajstić information content (AvgIpc) is 3.96. The van der Waals surface area contributed by atoms with Crippen molar-refractivity contribution in [3.63, 3.8) is 0 Å². The molecule has 0 atom stereocenters. The summed E-state index contributed by atoms with van der Waals surface area (Å²) in [5.41, 5.74) is 9.98. The molecule has 6 heteroatoms. The van der Waals surface area contributed by atoms with E-state index in [-0.39, 0.29) is 0 Å². The van der Waals surface area contributed by atoms with Crippen molar-refractivity contribution in [1.82, 2.24) is 19.5 Å². The van der Waals surface area contributed by atoms with Gasteiger partial charge in [-0.15, -0.1) is 11.3 Å². The molecular formula is C51H30N4OS. The van der Waals surface area contributed by atoms with Crippen LogP contribution < -0.4 is 0 Å². The summed E-state index contributed by atoms with van der Waals surface area (Å²) < 4.78 is 11.5. The van der Waals surface area contributed by atoms with Crippen molar-refractivity contribution in [2.24, 2.45) is 0 Å². The quantitative estimate of drug-likeness (QED) is 0.176. The van der Waals surface area contributed by atoms with Crippen molar-refractivity contribution in [3.05, 3.63) is 182 Å². The second-order valence-corrected chi connectivity index (χ2v) is 15.4. The van der Waals surface area contributed by atoms with Gasteiger partial charge in [-0.05, 0) is 48.0 Å². The molecule has 0 radical (unpaired) electrons. The van der Waals surface area contributed by atoms with E-state index in [1.54, 1.807) is 11.3 Å². The summed E-state index contributed by atoms with van der Waals surface area (Å²) in [4.78, 5) is 15.7. The standard InChI is InChI=1S/C51H30N4OS/c1-2-15-31(16-3-1)49-52-50(54-51(53-49)39-24-12-22-37-35-20-7-11-30-45(35)57-48(37)39)38-23-14-29-44-47(38)46-36(21-13-28-43(46)56-44)34-19-6-10-27-42(34)55-40-25-8-4-17-32(40)33-18-5-9-26-41(33)55/h1-30H. The van der Waals surface area contributed by atoms with Gasteiger partial charge >= 0.3 is 0 Å². The molecule has 12 aromatic rings. The molecule has 0 unspecified atom stereocenters. The molecule has 266 valence electrons. The lowest BCUT2D eigenvalue weighted by Crippen LogP contribution is -2.00. The molecule has 0 aliphatic rings. The first-order valence-electron chi connectivity index (χ1n) is 19.0. The monoisotopic (exact) mass is 746 g/mol. The van der Waals surface area contributed by atoms with E-state index < -0.39 is 0 Å². The Morgan fingerprint density at radius 1 is 0.386 bits per heavy atom. The largest absolute Gasteiger partial charge is 0.456 e. The van der Waals surface area contributed by atoms with Crippen molar-refractivity contribution in [3.8, 4) is 51.0 Å². The highest BCUT2D eigenvalue weighted by molar-refractivity contribution is 7.26. The number of nitrogens with zero attached hydrogens (tertiary/aromatic N) is 4. The van der Waals surface area contributed by atoms with Crippen LogP contribution in [-0.4, -0.2) is 19.5 Å². The zero-order valence-electron chi connectivity index (χ0n) is 30.4. The third-order valence-electron chi connectivity index (χ3n) is 11.1. The first-order chi connectivity index (χ1) is 28.3. The van der Waals surface area contributed by atoms with E-state index in [4.69, 9.17) is 19.4 Å². The number of para-hydroxylation sites is 3. The highest BCUT2D eigenvalue weighted by atomic mass is 32.1. The molecule has 57 heavy (non-hydrogen) atoms. The van der Waals surface area contributed by atoms with Crippen LogP contribution in [0.5, 0.6) is 0 Å². The number of thiophene rings is 1. The van der Waals surface area contributed by atoms with Crippen LogP contribution in [-0.2, 0) is 0 Å². The van der Waals surface area contributed by atoms with Crippen LogP contribution in [0.15, 0.2) is 186 Å². The van der Waals surface area contributed by atoms with Crippen molar-refractivity contribution in [2.75, 3.05) is 0 Å². The van der Waals surface area contributed by atoms with Gasteiger partial charge in [0.25, 0.3) is 0 Å². The predicted molar refractivity (Wildman–Crippen MR) is 236 cm³/mol. The number of fused-ring (bicyclic) bond motifs is 9. The highest BCUT2D eigenvalue weighted by Crippen LogP contribution is 2.45. The molecule has 0 fully saturated rings. The van der Waals surface area contributed by atoms with Gasteiger partial charge in [-0.2, -0.15) is 0 Å². The predicted octanol–water partition coefficient (Wildman–Crippen LogP) is 13.9. The van der Waals surface area contributed by atoms with Crippen LogP contribution in [0.4, 0.5) is 0 Å². The first kappa shape index (κ1) is 31.9. The fourth-order valence-corrected chi connectivity index (χ4v) is 9.82. The topological polar surface area (TPSA) is 56.7 Å². The van der Waals surface area contributed by atoms with Gasteiger partial charge in [0.2, 0.25) is 0 Å². The fraction of sp³-hybridized carbons (Fsp3) is 0. The van der Waals surface area contributed by atoms with Gasteiger partial charge in [0, 0.05) is 64.0 Å². The van der Waals surface area contributed by atoms with E-state index in [9.17, 15) is 0 Å². The molecule has 0 aliphatic carbocycles. The Hall–Kier alpha value is -7.41. The Kier molecular flexibility index (Phi) is 7.03. The molecular weight excluding hydrogens is 717 g/mol. The molecule has 0 spiro atoms. The summed E-state index contributed by atoms with van der Waals surface area (Å²) in [7, 11) is 0. The Morgan fingerprint density at radius 2 is 0.912 bits per heavy atom. The van der Waals surface area contributed by atoms with Gasteiger partial charge in [-0.25, -0.2) is 15.0 Å². The fourth-order valence-electron chi connectivity index (χ4n) is 8.61. The molecule has 0 aliphatic heterocycles. The molecule has 12 rings (SSSR count). The van der Waals surface area contributed by atoms with Crippen molar-refractivity contribution in [2.45, 2.75) is 0 Å². The number of hydrogen-bond donors (Lipinski definition) is 0. The smallest absolute Gasteiger partial charge is 0.165 e. The van der Waals surface area contributed by atoms with Crippen LogP contribution in [0.3, 0.4) is 0 Å². The lowest BCUT2D eigenvalue weighted by atomic mass is 9.95. The minimum absolute atomic E-state index is 0.593. The summed E-state index contributed by atoms with van der Waals surface area (Å²) in [6, 6.07) is 63.7. The second-order valence-electron chi connectivity index (χ2n) is 14.3. The maximum absolute atomic E-state index is 6.69. The number of furan rings is 1. The van der Waals surface area contributed by atoms with E-state index in [0.29, 0.717) is 17.5 Å². The number of hydrogen-bond acceptors (Lipinski definition) is 5. The Balaban J connectivity index is 1.13. The Bertz CT molecular complexity index is 3490. The summed E-state index contributed by atoms with van der Waals surface area (Å²) in [5, 5.41) is 6.88. The van der Waals surface area contributed by atoms with Crippen molar-refractivity contribution in [1.29, 1.82) is 0 Å². The molecule has 0 saturated carbocycles. The van der Waals surface area contributed by atoms with Gasteiger partial charge in [0.1, 0.15) is 11.2 Å². The number of benzene rings is 8. The summed E-state index contributed by atoms with van der Waals surface area (Å²) >= 11 is 1.78. The SMILES string of the molecule is c1ccc(-c2nc(-c3cccc4c3sc3ccccc34)nc(-c3cccc4oc5cccc(-c6ccccc6-n6c7ccccc7c7ccccc76)c5c34)n2)cc1. The number of rotatable bonds is 5. The molecule has 0 amide bonds. The van der Waals surface area contributed by atoms with E-state index in [2.05, 4.69) is 156 Å². The molecule has 8 aromatic carbocycles. The van der Waals surface area contributed by atoms with E-state index in [1.807, 2.05) is 30.3 Å². The van der Waals surface area contributed by atoms with Crippen LogP contribution in [0.2, 0.25) is 0 Å². The van der Waals surface area contributed by atoms with Crippen molar-refractivity contribution >= 4 is 75.3 Å². The lowest BCUT2D eigenvalue weighted by molar-refractivity contribution is 0.669. The molecule has 0 N–H and O–H groups in total. The zero-order chi connectivity index (χ0) is 37.5. The van der Waals surface area contributed by atoms with Crippen LogP contribution in [0.1, 0.15) is 0 Å². The van der Waals surface area contributed by atoms with Gasteiger partial charge in [-0.1, -0.05) is 140 Å². The van der Waals surface area contributed by atoms with E-state index in [1.165, 1.54) is 26.2 Å². The Labute approximate surface area is 330 Å². The van der Waals surface area contributed by atoms with E-state index in [0.717, 1.165) is 71.2 Å². The van der Waals surface area contributed by atoms with Gasteiger partial charge in [0.05, 0.1) is 16.7 Å². The van der Waals surface area contributed by atoms with Crippen LogP contribution in [0.25, 0.3) is 115 Å². The first-order valence-corrected chi connectivity index (χ1v) is 19.8. The normalized spacial score (nSPS) is 11.9. The molecule has 5 nitrogen and oxygen atoms in total. The molecule has 4 heterocycles. The van der Waals surface area contributed by atoms with Crippen LogP contribution in [0, 0.1) is 0 Å². The maximum Gasteiger partial charge on any atom is 0.165 e. The van der Waals surface area contributed by atoms with Gasteiger partial charge in [0.15, 0.2) is 17.5 Å². The minimum Gasteiger partial charge on any atom is -0.456 e. The molecule has 0 bridgehead atoms. The van der Waals surface area contributed by atoms with Crippen LogP contribution >= 0.6 is 11.3 Å². The summed E-state index contributed by atoms with van der Waals surface area (Å²) in [6.45, 7) is 0. The molecule has 4 aromatic heterocycles. The zero-order valence-corrected chi connectivity index (χ0v) is 31.2. The summed E-state index contributed by atoms with van der Waals surface area (Å²) in [5.74, 6) is 1.85. The molecule has 0 saturated heterocycles. The average molecular weight is 747 g/mol. The van der Waals surface area contributed by atoms with Crippen molar-refractivity contribution < 1.29 is 4.42 Å². The number of aromatic nitrogens is 4. The third-order valence-corrected chi connectivity index (χ3v) is 12.3. The summed E-state index contributed by atoms with van der Waals surface area (Å²) in [6.07, 6.45) is 0. The maximum atomic E-state index is 6.69. The third kappa shape index (κ3) is 4.91. The van der Waals surface area contributed by atoms with Gasteiger partial charge < -0.3 is 8.98 Å². The highest BCUT2D eigenvalue weighted by Gasteiger charge is 2.23. The lowest BCUT2D eigenvalue weighted by Gasteiger charge is -2.15. The van der Waals surface area contributed by atoms with Gasteiger partial charge in [-0.3, -0.25) is 0 Å². The second kappa shape index (κ2) is 12.6. The minimum atomic E-state index is 0.593. The van der Waals surface area contributed by atoms with E-state index >= 15 is 0 Å².